The third kappa shape index (κ3) is 4.64. The Kier molecular flexibility index (Phi) is 6.52. The molecule has 0 bridgehead atoms. The molecule has 0 aromatic carbocycles. The first-order valence-corrected chi connectivity index (χ1v) is 6.87. The number of piperidine rings is 1. The van der Waals surface area contributed by atoms with Gasteiger partial charge in [-0.25, -0.2) is 0 Å². The van der Waals surface area contributed by atoms with E-state index in [4.69, 9.17) is 5.73 Å². The number of nitrogens with zero attached hydrogens (tertiary/aromatic N) is 1. The van der Waals surface area contributed by atoms with Gasteiger partial charge < -0.3 is 16.0 Å². The highest BCUT2D eigenvalue weighted by Gasteiger charge is 2.21. The van der Waals surface area contributed by atoms with Gasteiger partial charge in [-0.05, 0) is 32.9 Å². The lowest BCUT2D eigenvalue weighted by molar-refractivity contribution is -0.125. The van der Waals surface area contributed by atoms with Gasteiger partial charge in [0.25, 0.3) is 0 Å². The van der Waals surface area contributed by atoms with Crippen molar-refractivity contribution in [1.29, 1.82) is 0 Å². The Labute approximate surface area is 105 Å². The maximum absolute atomic E-state index is 11.9. The quantitative estimate of drug-likeness (QED) is 0.728. The van der Waals surface area contributed by atoms with Crippen LogP contribution in [-0.2, 0) is 4.79 Å². The van der Waals surface area contributed by atoms with Crippen LogP contribution in [0.25, 0.3) is 0 Å². The summed E-state index contributed by atoms with van der Waals surface area (Å²) in [6.45, 7) is 4.47. The Hall–Kier alpha value is -0.610. The van der Waals surface area contributed by atoms with Crippen molar-refractivity contribution in [2.75, 3.05) is 26.7 Å². The molecule has 1 amide bonds. The SMILES string of the molecule is CCCC(CN)C(=O)NCC1CCCCN1C. The summed E-state index contributed by atoms with van der Waals surface area (Å²) < 4.78 is 0. The summed E-state index contributed by atoms with van der Waals surface area (Å²) in [5, 5.41) is 3.06. The van der Waals surface area contributed by atoms with Crippen molar-refractivity contribution in [2.45, 2.75) is 45.1 Å². The molecule has 0 aromatic rings. The second-order valence-electron chi connectivity index (χ2n) is 5.10. The zero-order valence-electron chi connectivity index (χ0n) is 11.2. The minimum Gasteiger partial charge on any atom is -0.354 e. The predicted octanol–water partition coefficient (Wildman–Crippen LogP) is 0.962. The van der Waals surface area contributed by atoms with Crippen LogP contribution in [0.15, 0.2) is 0 Å². The average molecular weight is 241 g/mol. The van der Waals surface area contributed by atoms with Crippen LogP contribution in [-0.4, -0.2) is 43.5 Å². The van der Waals surface area contributed by atoms with E-state index < -0.39 is 0 Å². The summed E-state index contributed by atoms with van der Waals surface area (Å²) in [7, 11) is 2.14. The van der Waals surface area contributed by atoms with E-state index in [1.165, 1.54) is 19.3 Å². The lowest BCUT2D eigenvalue weighted by Gasteiger charge is -2.32. The van der Waals surface area contributed by atoms with Crippen LogP contribution in [0.3, 0.4) is 0 Å². The van der Waals surface area contributed by atoms with Crippen molar-refractivity contribution in [1.82, 2.24) is 10.2 Å². The third-order valence-corrected chi connectivity index (χ3v) is 3.73. The molecule has 0 aromatic heterocycles. The summed E-state index contributed by atoms with van der Waals surface area (Å²) in [6.07, 6.45) is 5.65. The first-order valence-electron chi connectivity index (χ1n) is 6.87. The van der Waals surface area contributed by atoms with Gasteiger partial charge in [-0.15, -0.1) is 0 Å². The fraction of sp³-hybridized carbons (Fsp3) is 0.923. The van der Waals surface area contributed by atoms with Crippen molar-refractivity contribution < 1.29 is 4.79 Å². The maximum atomic E-state index is 11.9. The summed E-state index contributed by atoms with van der Waals surface area (Å²) >= 11 is 0. The summed E-state index contributed by atoms with van der Waals surface area (Å²) in [5.74, 6) is 0.127. The maximum Gasteiger partial charge on any atom is 0.224 e. The fourth-order valence-electron chi connectivity index (χ4n) is 2.47. The van der Waals surface area contributed by atoms with E-state index in [2.05, 4.69) is 24.2 Å². The van der Waals surface area contributed by atoms with Crippen LogP contribution in [0.2, 0.25) is 0 Å². The van der Waals surface area contributed by atoms with E-state index in [1.54, 1.807) is 0 Å². The molecular formula is C13H27N3O. The first kappa shape index (κ1) is 14.5. The number of carbonyl (C=O) groups excluding carboxylic acids is 1. The van der Waals surface area contributed by atoms with Crippen molar-refractivity contribution in [3.05, 3.63) is 0 Å². The van der Waals surface area contributed by atoms with Gasteiger partial charge in [-0.2, -0.15) is 0 Å². The number of hydrogen-bond donors (Lipinski definition) is 2. The van der Waals surface area contributed by atoms with Gasteiger partial charge in [-0.1, -0.05) is 19.8 Å². The van der Waals surface area contributed by atoms with Crippen LogP contribution >= 0.6 is 0 Å². The number of hydrogen-bond acceptors (Lipinski definition) is 3. The molecule has 17 heavy (non-hydrogen) atoms. The Morgan fingerprint density at radius 3 is 2.88 bits per heavy atom. The van der Waals surface area contributed by atoms with Gasteiger partial charge >= 0.3 is 0 Å². The van der Waals surface area contributed by atoms with Crippen molar-refractivity contribution in [3.8, 4) is 0 Å². The number of rotatable bonds is 6. The molecule has 1 aliphatic rings. The molecular weight excluding hydrogens is 214 g/mol. The number of amides is 1. The number of nitrogens with one attached hydrogen (secondary N) is 1. The van der Waals surface area contributed by atoms with Gasteiger partial charge in [-0.3, -0.25) is 4.79 Å². The molecule has 2 atom stereocenters. The normalized spacial score (nSPS) is 23.4. The molecule has 0 radical (unpaired) electrons. The standard InChI is InChI=1S/C13H27N3O/c1-3-6-11(9-14)13(17)15-10-12-7-4-5-8-16(12)2/h11-12H,3-10,14H2,1-2H3,(H,15,17). The number of likely N-dealkylation sites (N-methyl/N-ethyl adjacent to an activating group) is 1. The number of likely N-dealkylation sites (tertiary alicyclic amines) is 1. The summed E-state index contributed by atoms with van der Waals surface area (Å²) in [6, 6.07) is 0.507. The van der Waals surface area contributed by atoms with E-state index in [-0.39, 0.29) is 11.8 Å². The molecule has 0 spiro atoms. The van der Waals surface area contributed by atoms with Crippen molar-refractivity contribution in [3.63, 3.8) is 0 Å². The minimum atomic E-state index is -0.00565. The van der Waals surface area contributed by atoms with Crippen molar-refractivity contribution in [2.24, 2.45) is 11.7 Å². The topological polar surface area (TPSA) is 58.4 Å². The van der Waals surface area contributed by atoms with E-state index in [1.807, 2.05) is 0 Å². The molecule has 100 valence electrons. The van der Waals surface area contributed by atoms with Gasteiger partial charge in [0.1, 0.15) is 0 Å². The zero-order valence-corrected chi connectivity index (χ0v) is 11.2. The van der Waals surface area contributed by atoms with E-state index in [9.17, 15) is 4.79 Å². The van der Waals surface area contributed by atoms with Crippen LogP contribution in [0.4, 0.5) is 0 Å². The third-order valence-electron chi connectivity index (χ3n) is 3.73. The van der Waals surface area contributed by atoms with Gasteiger partial charge in [0.2, 0.25) is 5.91 Å². The lowest BCUT2D eigenvalue weighted by Crippen LogP contribution is -2.46. The molecule has 1 rings (SSSR count). The largest absolute Gasteiger partial charge is 0.354 e. The average Bonchev–Trinajstić information content (AvgIpc) is 2.34. The molecule has 1 aliphatic heterocycles. The highest BCUT2D eigenvalue weighted by molar-refractivity contribution is 5.78. The smallest absolute Gasteiger partial charge is 0.224 e. The van der Waals surface area contributed by atoms with Crippen LogP contribution in [0, 0.1) is 5.92 Å². The highest BCUT2D eigenvalue weighted by Crippen LogP contribution is 2.14. The zero-order chi connectivity index (χ0) is 12.7. The molecule has 1 fully saturated rings. The Bertz CT molecular complexity index is 233. The predicted molar refractivity (Wildman–Crippen MR) is 70.7 cm³/mol. The lowest BCUT2D eigenvalue weighted by atomic mass is 10.0. The van der Waals surface area contributed by atoms with Crippen LogP contribution in [0.5, 0.6) is 0 Å². The molecule has 1 heterocycles. The molecule has 0 saturated carbocycles. The Morgan fingerprint density at radius 2 is 2.29 bits per heavy atom. The molecule has 4 nitrogen and oxygen atoms in total. The molecule has 0 aliphatic carbocycles. The molecule has 3 N–H and O–H groups in total. The second kappa shape index (κ2) is 7.67. The van der Waals surface area contributed by atoms with Crippen molar-refractivity contribution >= 4 is 5.91 Å². The van der Waals surface area contributed by atoms with Crippen LogP contribution < -0.4 is 11.1 Å². The Balaban J connectivity index is 2.30. The minimum absolute atomic E-state index is 0.00565. The fourth-order valence-corrected chi connectivity index (χ4v) is 2.47. The first-order chi connectivity index (χ1) is 8.19. The monoisotopic (exact) mass is 241 g/mol. The summed E-state index contributed by atoms with van der Waals surface area (Å²) in [5.41, 5.74) is 5.62. The van der Waals surface area contributed by atoms with Gasteiger partial charge in [0.05, 0.1) is 5.92 Å². The molecule has 2 unspecified atom stereocenters. The van der Waals surface area contributed by atoms with Crippen LogP contribution in [0.1, 0.15) is 39.0 Å². The summed E-state index contributed by atoms with van der Waals surface area (Å²) in [4.78, 5) is 14.3. The van der Waals surface area contributed by atoms with E-state index in [0.29, 0.717) is 12.6 Å². The second-order valence-corrected chi connectivity index (χ2v) is 5.10. The number of carbonyl (C=O) groups is 1. The van der Waals surface area contributed by atoms with Gasteiger partial charge in [0.15, 0.2) is 0 Å². The Morgan fingerprint density at radius 1 is 1.53 bits per heavy atom. The highest BCUT2D eigenvalue weighted by atomic mass is 16.1. The van der Waals surface area contributed by atoms with E-state index in [0.717, 1.165) is 25.9 Å². The van der Waals surface area contributed by atoms with Gasteiger partial charge in [0, 0.05) is 19.1 Å². The molecule has 4 heteroatoms. The van der Waals surface area contributed by atoms with E-state index >= 15 is 0 Å². The number of nitrogens with two attached hydrogens (primary N) is 1. The molecule has 1 saturated heterocycles.